The highest BCUT2D eigenvalue weighted by Gasteiger charge is 2.25. The SMILES string of the molecule is O=C(OCC1CO1)c1ccc(COCOCc2ccc(C(=O)OCC3CO3)cc2)cc1. The number of carbonyl (C=O) groups excluding carboxylic acids is 2. The first-order chi connectivity index (χ1) is 15.2. The summed E-state index contributed by atoms with van der Waals surface area (Å²) in [6.45, 7) is 2.75. The van der Waals surface area contributed by atoms with Crippen LogP contribution in [0.5, 0.6) is 0 Å². The molecule has 2 aromatic rings. The first-order valence-corrected chi connectivity index (χ1v) is 10.1. The first kappa shape index (κ1) is 21.5. The number of esters is 2. The normalized spacial score (nSPS) is 19.0. The van der Waals surface area contributed by atoms with Crippen LogP contribution in [0.4, 0.5) is 0 Å². The molecule has 0 bridgehead atoms. The Balaban J connectivity index is 1.10. The second-order valence-corrected chi connectivity index (χ2v) is 7.32. The smallest absolute Gasteiger partial charge is 0.338 e. The lowest BCUT2D eigenvalue weighted by Crippen LogP contribution is -2.10. The van der Waals surface area contributed by atoms with Crippen molar-refractivity contribution in [1.29, 1.82) is 0 Å². The van der Waals surface area contributed by atoms with Gasteiger partial charge in [0.05, 0.1) is 37.6 Å². The summed E-state index contributed by atoms with van der Waals surface area (Å²) < 4.78 is 31.3. The molecule has 8 nitrogen and oxygen atoms in total. The van der Waals surface area contributed by atoms with Gasteiger partial charge in [0, 0.05) is 0 Å². The van der Waals surface area contributed by atoms with Crippen molar-refractivity contribution < 1.29 is 38.0 Å². The highest BCUT2D eigenvalue weighted by Crippen LogP contribution is 2.13. The summed E-state index contributed by atoms with van der Waals surface area (Å²) in [5, 5.41) is 0. The van der Waals surface area contributed by atoms with E-state index in [0.717, 1.165) is 11.1 Å². The van der Waals surface area contributed by atoms with Gasteiger partial charge < -0.3 is 28.4 Å². The van der Waals surface area contributed by atoms with Gasteiger partial charge in [-0.05, 0) is 35.4 Å². The Labute approximate surface area is 179 Å². The third-order valence-corrected chi connectivity index (χ3v) is 4.69. The molecule has 31 heavy (non-hydrogen) atoms. The fourth-order valence-electron chi connectivity index (χ4n) is 2.68. The van der Waals surface area contributed by atoms with E-state index in [1.807, 2.05) is 24.3 Å². The van der Waals surface area contributed by atoms with Gasteiger partial charge in [-0.3, -0.25) is 0 Å². The van der Waals surface area contributed by atoms with Gasteiger partial charge in [-0.2, -0.15) is 0 Å². The molecule has 0 radical (unpaired) electrons. The van der Waals surface area contributed by atoms with Crippen molar-refractivity contribution >= 4 is 11.9 Å². The van der Waals surface area contributed by atoms with Crippen LogP contribution in [-0.2, 0) is 41.6 Å². The molecule has 0 spiro atoms. The summed E-state index contributed by atoms with van der Waals surface area (Å²) in [4.78, 5) is 23.8. The lowest BCUT2D eigenvalue weighted by Gasteiger charge is -2.08. The predicted molar refractivity (Wildman–Crippen MR) is 107 cm³/mol. The lowest BCUT2D eigenvalue weighted by atomic mass is 10.1. The minimum absolute atomic E-state index is 0.0542. The summed E-state index contributed by atoms with van der Waals surface area (Å²) >= 11 is 0. The third-order valence-electron chi connectivity index (χ3n) is 4.69. The molecule has 8 heteroatoms. The Morgan fingerprint density at radius 1 is 0.710 bits per heavy atom. The van der Waals surface area contributed by atoms with Crippen molar-refractivity contribution in [3.63, 3.8) is 0 Å². The van der Waals surface area contributed by atoms with Crippen LogP contribution in [-0.4, -0.2) is 57.4 Å². The summed E-state index contributed by atoms with van der Waals surface area (Å²) in [6, 6.07) is 14.1. The van der Waals surface area contributed by atoms with Crippen molar-refractivity contribution in [3.05, 3.63) is 70.8 Å². The van der Waals surface area contributed by atoms with Crippen LogP contribution >= 0.6 is 0 Å². The fourth-order valence-corrected chi connectivity index (χ4v) is 2.68. The number of hydrogen-bond acceptors (Lipinski definition) is 8. The van der Waals surface area contributed by atoms with Crippen LogP contribution in [0.1, 0.15) is 31.8 Å². The average Bonchev–Trinajstić information content (AvgIpc) is 3.71. The van der Waals surface area contributed by atoms with Crippen molar-refractivity contribution in [1.82, 2.24) is 0 Å². The van der Waals surface area contributed by atoms with E-state index in [1.165, 1.54) is 0 Å². The second kappa shape index (κ2) is 10.5. The quantitative estimate of drug-likeness (QED) is 0.220. The number of epoxide rings is 2. The monoisotopic (exact) mass is 428 g/mol. The maximum atomic E-state index is 11.9. The Morgan fingerprint density at radius 2 is 1.10 bits per heavy atom. The molecule has 2 fully saturated rings. The first-order valence-electron chi connectivity index (χ1n) is 10.1. The summed E-state index contributed by atoms with van der Waals surface area (Å²) in [7, 11) is 0. The van der Waals surface area contributed by atoms with E-state index in [0.29, 0.717) is 50.8 Å². The zero-order valence-corrected chi connectivity index (χ0v) is 17.0. The molecule has 0 N–H and O–H groups in total. The number of hydrogen-bond donors (Lipinski definition) is 0. The Kier molecular flexibility index (Phi) is 7.26. The molecule has 0 aromatic heterocycles. The molecule has 0 amide bonds. The van der Waals surface area contributed by atoms with Crippen molar-refractivity contribution in [3.8, 4) is 0 Å². The average molecular weight is 428 g/mol. The molecule has 2 aromatic carbocycles. The van der Waals surface area contributed by atoms with Crippen LogP contribution in [0.15, 0.2) is 48.5 Å². The van der Waals surface area contributed by atoms with Gasteiger partial charge in [-0.25, -0.2) is 9.59 Å². The van der Waals surface area contributed by atoms with E-state index < -0.39 is 0 Å². The van der Waals surface area contributed by atoms with Crippen molar-refractivity contribution in [2.75, 3.05) is 33.2 Å². The molecule has 0 saturated carbocycles. The lowest BCUT2D eigenvalue weighted by molar-refractivity contribution is -0.0689. The third kappa shape index (κ3) is 7.15. The number of carbonyl (C=O) groups is 2. The van der Waals surface area contributed by atoms with Crippen LogP contribution in [0, 0.1) is 0 Å². The Bertz CT molecular complexity index is 796. The predicted octanol–water partition coefficient (Wildman–Crippen LogP) is 2.49. The van der Waals surface area contributed by atoms with E-state index in [1.54, 1.807) is 24.3 Å². The molecule has 2 aliphatic rings. The second-order valence-electron chi connectivity index (χ2n) is 7.32. The number of rotatable bonds is 12. The van der Waals surface area contributed by atoms with Crippen LogP contribution in [0.2, 0.25) is 0 Å². The summed E-state index contributed by atoms with van der Waals surface area (Å²) in [6.07, 6.45) is 0.108. The van der Waals surface area contributed by atoms with Crippen LogP contribution in [0.3, 0.4) is 0 Å². The standard InChI is InChI=1S/C23H24O8/c24-22(30-13-20-11-28-20)18-5-1-16(2-6-18)9-26-15-27-10-17-3-7-19(8-4-17)23(25)31-14-21-12-29-21/h1-8,20-21H,9-15H2. The van der Waals surface area contributed by atoms with Gasteiger partial charge >= 0.3 is 11.9 Å². The van der Waals surface area contributed by atoms with E-state index in [9.17, 15) is 9.59 Å². The maximum absolute atomic E-state index is 11.9. The molecule has 2 aliphatic heterocycles. The van der Waals surface area contributed by atoms with Crippen molar-refractivity contribution in [2.45, 2.75) is 25.4 Å². The number of benzene rings is 2. The van der Waals surface area contributed by atoms with Crippen LogP contribution < -0.4 is 0 Å². The molecule has 2 atom stereocenters. The van der Waals surface area contributed by atoms with Gasteiger partial charge in [-0.1, -0.05) is 24.3 Å². The van der Waals surface area contributed by atoms with Crippen molar-refractivity contribution in [2.24, 2.45) is 0 Å². The van der Waals surface area contributed by atoms with Gasteiger partial charge in [-0.15, -0.1) is 0 Å². The highest BCUT2D eigenvalue weighted by molar-refractivity contribution is 5.89. The topological polar surface area (TPSA) is 96.1 Å². The molecular formula is C23H24O8. The highest BCUT2D eigenvalue weighted by atomic mass is 16.7. The van der Waals surface area contributed by atoms with Crippen LogP contribution in [0.25, 0.3) is 0 Å². The molecular weight excluding hydrogens is 404 g/mol. The number of ether oxygens (including phenoxy) is 6. The molecule has 164 valence electrons. The summed E-state index contributed by atoms with van der Waals surface area (Å²) in [5.74, 6) is -0.718. The Hall–Kier alpha value is -2.78. The van der Waals surface area contributed by atoms with Gasteiger partial charge in [0.1, 0.15) is 32.2 Å². The summed E-state index contributed by atoms with van der Waals surface area (Å²) in [5.41, 5.74) is 2.83. The van der Waals surface area contributed by atoms with E-state index in [2.05, 4.69) is 0 Å². The fraction of sp³-hybridized carbons (Fsp3) is 0.391. The largest absolute Gasteiger partial charge is 0.459 e. The van der Waals surface area contributed by atoms with E-state index in [-0.39, 0.29) is 30.9 Å². The maximum Gasteiger partial charge on any atom is 0.338 e. The van der Waals surface area contributed by atoms with Gasteiger partial charge in [0.15, 0.2) is 0 Å². The Morgan fingerprint density at radius 3 is 1.45 bits per heavy atom. The minimum atomic E-state index is -0.359. The van der Waals surface area contributed by atoms with Gasteiger partial charge in [0.2, 0.25) is 0 Å². The molecule has 0 aliphatic carbocycles. The molecule has 2 unspecified atom stereocenters. The molecule has 2 saturated heterocycles. The zero-order valence-electron chi connectivity index (χ0n) is 17.0. The molecule has 4 rings (SSSR count). The van der Waals surface area contributed by atoms with E-state index >= 15 is 0 Å². The minimum Gasteiger partial charge on any atom is -0.459 e. The molecule has 2 heterocycles. The van der Waals surface area contributed by atoms with Gasteiger partial charge in [0.25, 0.3) is 0 Å². The zero-order chi connectivity index (χ0) is 21.5. The van der Waals surface area contributed by atoms with E-state index in [4.69, 9.17) is 28.4 Å².